The maximum atomic E-state index is 10.4. The Balaban J connectivity index is 1.52. The second kappa shape index (κ2) is 10.3. The van der Waals surface area contributed by atoms with E-state index in [1.54, 1.807) is 11.6 Å². The lowest BCUT2D eigenvalue weighted by molar-refractivity contribution is -0.00521. The maximum absolute atomic E-state index is 10.4. The molecule has 5 aromatic rings. The lowest BCUT2D eigenvalue weighted by atomic mass is 10.1. The van der Waals surface area contributed by atoms with Crippen LogP contribution in [0, 0.1) is 11.3 Å². The second-order valence-corrected chi connectivity index (χ2v) is 9.96. The van der Waals surface area contributed by atoms with Crippen molar-refractivity contribution in [3.05, 3.63) is 83.9 Å². The van der Waals surface area contributed by atoms with Crippen LogP contribution in [0.5, 0.6) is 5.75 Å². The number of aromatic nitrogens is 3. The van der Waals surface area contributed by atoms with Crippen LogP contribution in [0.4, 0.5) is 11.4 Å². The van der Waals surface area contributed by atoms with Gasteiger partial charge < -0.3 is 19.7 Å². The van der Waals surface area contributed by atoms with Gasteiger partial charge in [0.05, 0.1) is 30.5 Å². The van der Waals surface area contributed by atoms with E-state index in [0.29, 0.717) is 23.6 Å². The summed E-state index contributed by atoms with van der Waals surface area (Å²) in [6.07, 6.45) is 0.277. The molecule has 3 heterocycles. The minimum Gasteiger partial charge on any atom is -0.497 e. The van der Waals surface area contributed by atoms with Crippen molar-refractivity contribution in [2.45, 2.75) is 32.6 Å². The van der Waals surface area contributed by atoms with E-state index in [4.69, 9.17) is 19.6 Å². The fourth-order valence-electron chi connectivity index (χ4n) is 5.32. The first kappa shape index (κ1) is 24.7. The van der Waals surface area contributed by atoms with Crippen molar-refractivity contribution in [3.63, 3.8) is 0 Å². The van der Waals surface area contributed by atoms with Crippen molar-refractivity contribution in [1.82, 2.24) is 14.6 Å². The zero-order valence-corrected chi connectivity index (χ0v) is 22.3. The summed E-state index contributed by atoms with van der Waals surface area (Å²) in [4.78, 5) is 7.18. The number of ether oxygens (including phenoxy) is 2. The molecule has 1 aliphatic heterocycles. The fraction of sp³-hybridized carbons (Fsp3) is 0.258. The summed E-state index contributed by atoms with van der Waals surface area (Å²) >= 11 is 0. The highest BCUT2D eigenvalue weighted by Crippen LogP contribution is 2.35. The number of benzene rings is 3. The summed E-state index contributed by atoms with van der Waals surface area (Å²) in [5.41, 5.74) is 5.69. The monoisotopic (exact) mass is 518 g/mol. The molecule has 39 heavy (non-hydrogen) atoms. The number of methoxy groups -OCH3 is 1. The predicted octanol–water partition coefficient (Wildman–Crippen LogP) is 5.66. The van der Waals surface area contributed by atoms with Crippen molar-refractivity contribution in [1.29, 1.82) is 5.26 Å². The van der Waals surface area contributed by atoms with Crippen LogP contribution < -0.4 is 15.0 Å². The average molecular weight is 519 g/mol. The van der Waals surface area contributed by atoms with Gasteiger partial charge in [0.2, 0.25) is 0 Å². The van der Waals surface area contributed by atoms with Crippen LogP contribution in [0.15, 0.2) is 72.8 Å². The molecule has 1 N–H and O–H groups in total. The van der Waals surface area contributed by atoms with Crippen LogP contribution >= 0.6 is 0 Å². The highest BCUT2D eigenvalue weighted by atomic mass is 16.5. The van der Waals surface area contributed by atoms with Gasteiger partial charge in [-0.3, -0.25) is 0 Å². The standard InChI is InChI=1S/C31H30N6O2/c1-20-18-36(19-21(2)39-20)24-11-14-28-26(15-24)29(33-17-22-7-5-4-6-8-22)27(16-32)31-34-30(35-37(28)31)23-9-12-25(38-3)13-10-23/h4-15,20-21,33H,17-19H2,1-3H3. The summed E-state index contributed by atoms with van der Waals surface area (Å²) in [6.45, 7) is 6.39. The van der Waals surface area contributed by atoms with Crippen molar-refractivity contribution >= 4 is 27.9 Å². The van der Waals surface area contributed by atoms with Gasteiger partial charge in [-0.25, -0.2) is 9.50 Å². The van der Waals surface area contributed by atoms with E-state index in [1.807, 2.05) is 42.5 Å². The number of hydrogen-bond acceptors (Lipinski definition) is 7. The fourth-order valence-corrected chi connectivity index (χ4v) is 5.32. The van der Waals surface area contributed by atoms with E-state index in [0.717, 1.165) is 52.2 Å². The predicted molar refractivity (Wildman–Crippen MR) is 153 cm³/mol. The molecule has 2 unspecified atom stereocenters. The molecule has 0 spiro atoms. The van der Waals surface area contributed by atoms with Crippen LogP contribution in [0.2, 0.25) is 0 Å². The van der Waals surface area contributed by atoms with Crippen molar-refractivity contribution in [2.75, 3.05) is 30.4 Å². The van der Waals surface area contributed by atoms with E-state index in [1.165, 1.54) is 0 Å². The molecule has 0 saturated carbocycles. The molecule has 6 rings (SSSR count). The maximum Gasteiger partial charge on any atom is 0.182 e. The molecular formula is C31H30N6O2. The highest BCUT2D eigenvalue weighted by Gasteiger charge is 2.24. The Bertz CT molecular complexity index is 1660. The van der Waals surface area contributed by atoms with Gasteiger partial charge in [0.25, 0.3) is 0 Å². The topological polar surface area (TPSA) is 87.7 Å². The number of anilines is 2. The molecule has 3 aromatic carbocycles. The molecule has 1 aliphatic rings. The highest BCUT2D eigenvalue weighted by molar-refractivity contribution is 6.00. The van der Waals surface area contributed by atoms with Gasteiger partial charge in [0.1, 0.15) is 17.4 Å². The number of rotatable bonds is 6. The molecule has 0 aliphatic carbocycles. The van der Waals surface area contributed by atoms with Gasteiger partial charge in [0.15, 0.2) is 11.5 Å². The Morgan fingerprint density at radius 1 is 1.03 bits per heavy atom. The van der Waals surface area contributed by atoms with Gasteiger partial charge in [0, 0.05) is 36.3 Å². The SMILES string of the molecule is COc1ccc(-c2nc3c(C#N)c(NCc4ccccc4)c4cc(N5CC(C)OC(C)C5)ccc4n3n2)cc1. The Morgan fingerprint density at radius 3 is 2.46 bits per heavy atom. The normalized spacial score (nSPS) is 17.3. The number of nitrogens with zero attached hydrogens (tertiary/aromatic N) is 5. The second-order valence-electron chi connectivity index (χ2n) is 9.96. The molecule has 2 aromatic heterocycles. The largest absolute Gasteiger partial charge is 0.497 e. The molecule has 0 bridgehead atoms. The zero-order valence-electron chi connectivity index (χ0n) is 22.3. The number of morpholine rings is 1. The number of nitrogens with one attached hydrogen (secondary N) is 1. The van der Waals surface area contributed by atoms with Gasteiger partial charge in [-0.05, 0) is 61.9 Å². The first-order valence-electron chi connectivity index (χ1n) is 13.1. The molecule has 0 amide bonds. The number of pyridine rings is 1. The Hall–Kier alpha value is -4.61. The molecule has 196 valence electrons. The third-order valence-corrected chi connectivity index (χ3v) is 7.12. The molecule has 1 saturated heterocycles. The summed E-state index contributed by atoms with van der Waals surface area (Å²) in [6, 6.07) is 26.6. The third-order valence-electron chi connectivity index (χ3n) is 7.12. The first-order valence-corrected chi connectivity index (χ1v) is 13.1. The van der Waals surface area contributed by atoms with E-state index in [-0.39, 0.29) is 12.2 Å². The van der Waals surface area contributed by atoms with E-state index in [9.17, 15) is 5.26 Å². The smallest absolute Gasteiger partial charge is 0.182 e. The van der Waals surface area contributed by atoms with Crippen LogP contribution in [-0.4, -0.2) is 47.0 Å². The minimum atomic E-state index is 0.139. The van der Waals surface area contributed by atoms with E-state index < -0.39 is 0 Å². The lowest BCUT2D eigenvalue weighted by Crippen LogP contribution is -2.45. The zero-order chi connectivity index (χ0) is 26.9. The lowest BCUT2D eigenvalue weighted by Gasteiger charge is -2.37. The van der Waals surface area contributed by atoms with Crippen LogP contribution in [0.1, 0.15) is 25.0 Å². The van der Waals surface area contributed by atoms with Gasteiger partial charge in [-0.2, -0.15) is 5.26 Å². The third kappa shape index (κ3) is 4.73. The van der Waals surface area contributed by atoms with Crippen LogP contribution in [0.3, 0.4) is 0 Å². The number of nitriles is 1. The molecule has 2 atom stereocenters. The number of hydrogen-bond donors (Lipinski definition) is 1. The Morgan fingerprint density at radius 2 is 1.77 bits per heavy atom. The minimum absolute atomic E-state index is 0.139. The van der Waals surface area contributed by atoms with E-state index in [2.05, 4.69) is 60.5 Å². The molecular weight excluding hydrogens is 488 g/mol. The molecule has 8 nitrogen and oxygen atoms in total. The molecule has 0 radical (unpaired) electrons. The van der Waals surface area contributed by atoms with Gasteiger partial charge in [-0.15, -0.1) is 5.10 Å². The van der Waals surface area contributed by atoms with Crippen LogP contribution in [0.25, 0.3) is 27.9 Å². The van der Waals surface area contributed by atoms with E-state index >= 15 is 0 Å². The van der Waals surface area contributed by atoms with Crippen molar-refractivity contribution in [3.8, 4) is 23.2 Å². The van der Waals surface area contributed by atoms with Gasteiger partial charge >= 0.3 is 0 Å². The molecule has 1 fully saturated rings. The summed E-state index contributed by atoms with van der Waals surface area (Å²) < 4.78 is 13.1. The average Bonchev–Trinajstić information content (AvgIpc) is 3.41. The molecule has 8 heteroatoms. The first-order chi connectivity index (χ1) is 19.0. The summed E-state index contributed by atoms with van der Waals surface area (Å²) in [5.74, 6) is 1.31. The van der Waals surface area contributed by atoms with Crippen LogP contribution in [-0.2, 0) is 11.3 Å². The quantitative estimate of drug-likeness (QED) is 0.311. The Kier molecular flexibility index (Phi) is 6.51. The van der Waals surface area contributed by atoms with Gasteiger partial charge in [-0.1, -0.05) is 30.3 Å². The summed E-state index contributed by atoms with van der Waals surface area (Å²) in [7, 11) is 1.64. The van der Waals surface area contributed by atoms with Crippen molar-refractivity contribution < 1.29 is 9.47 Å². The summed E-state index contributed by atoms with van der Waals surface area (Å²) in [5, 5.41) is 19.7. The number of fused-ring (bicyclic) bond motifs is 3. The van der Waals surface area contributed by atoms with Crippen molar-refractivity contribution in [2.24, 2.45) is 0 Å². The Labute approximate surface area is 227 Å².